The SMILES string of the molecule is CCC(C)COc1cc([N+](=O)[O-])c(CBr)cc1OC. The van der Waals surface area contributed by atoms with Gasteiger partial charge in [-0.2, -0.15) is 0 Å². The van der Waals surface area contributed by atoms with Crippen molar-refractivity contribution in [2.75, 3.05) is 13.7 Å². The molecule has 0 saturated heterocycles. The van der Waals surface area contributed by atoms with Crippen LogP contribution in [0.4, 0.5) is 5.69 Å². The van der Waals surface area contributed by atoms with Gasteiger partial charge in [0.2, 0.25) is 0 Å². The molecule has 0 radical (unpaired) electrons. The van der Waals surface area contributed by atoms with Gasteiger partial charge in [-0.3, -0.25) is 10.1 Å². The number of nitro benzene ring substituents is 1. The second-order valence-electron chi connectivity index (χ2n) is 4.35. The molecule has 0 N–H and O–H groups in total. The third kappa shape index (κ3) is 4.09. The van der Waals surface area contributed by atoms with Crippen molar-refractivity contribution in [2.24, 2.45) is 5.92 Å². The molecule has 0 fully saturated rings. The lowest BCUT2D eigenvalue weighted by molar-refractivity contribution is -0.385. The number of nitro groups is 1. The van der Waals surface area contributed by atoms with Crippen LogP contribution in [0.15, 0.2) is 12.1 Å². The van der Waals surface area contributed by atoms with Gasteiger partial charge in [0.1, 0.15) is 0 Å². The molecule has 1 aromatic rings. The summed E-state index contributed by atoms with van der Waals surface area (Å²) in [4.78, 5) is 10.6. The lowest BCUT2D eigenvalue weighted by Crippen LogP contribution is -2.08. The highest BCUT2D eigenvalue weighted by Crippen LogP contribution is 2.35. The Bertz CT molecular complexity index is 451. The monoisotopic (exact) mass is 331 g/mol. The maximum absolute atomic E-state index is 11.0. The Balaban J connectivity index is 3.07. The Hall–Kier alpha value is -1.30. The second kappa shape index (κ2) is 7.33. The molecule has 106 valence electrons. The van der Waals surface area contributed by atoms with Crippen molar-refractivity contribution in [3.05, 3.63) is 27.8 Å². The third-order valence-electron chi connectivity index (χ3n) is 2.93. The Morgan fingerprint density at radius 1 is 1.42 bits per heavy atom. The minimum absolute atomic E-state index is 0.0387. The van der Waals surface area contributed by atoms with Gasteiger partial charge in [0.05, 0.1) is 24.7 Å². The van der Waals surface area contributed by atoms with Crippen molar-refractivity contribution < 1.29 is 14.4 Å². The Morgan fingerprint density at radius 3 is 2.58 bits per heavy atom. The molecule has 0 aromatic heterocycles. The van der Waals surface area contributed by atoms with E-state index in [9.17, 15) is 10.1 Å². The van der Waals surface area contributed by atoms with Gasteiger partial charge in [0.15, 0.2) is 11.5 Å². The van der Waals surface area contributed by atoms with Gasteiger partial charge < -0.3 is 9.47 Å². The van der Waals surface area contributed by atoms with Crippen molar-refractivity contribution in [3.8, 4) is 11.5 Å². The van der Waals surface area contributed by atoms with Crippen molar-refractivity contribution in [1.29, 1.82) is 0 Å². The fraction of sp³-hybridized carbons (Fsp3) is 0.538. The molecule has 1 atom stereocenters. The van der Waals surface area contributed by atoms with Crippen LogP contribution in [0, 0.1) is 16.0 Å². The molecule has 5 nitrogen and oxygen atoms in total. The van der Waals surface area contributed by atoms with Crippen molar-refractivity contribution in [1.82, 2.24) is 0 Å². The van der Waals surface area contributed by atoms with Gasteiger partial charge in [0, 0.05) is 10.9 Å². The summed E-state index contributed by atoms with van der Waals surface area (Å²) in [7, 11) is 1.52. The molecule has 0 aliphatic rings. The number of rotatable bonds is 7. The summed E-state index contributed by atoms with van der Waals surface area (Å²) in [5.74, 6) is 1.32. The highest BCUT2D eigenvalue weighted by atomic mass is 79.9. The van der Waals surface area contributed by atoms with Gasteiger partial charge in [0.25, 0.3) is 5.69 Å². The Kier molecular flexibility index (Phi) is 6.08. The van der Waals surface area contributed by atoms with E-state index in [0.29, 0.717) is 34.9 Å². The fourth-order valence-corrected chi connectivity index (χ4v) is 1.94. The summed E-state index contributed by atoms with van der Waals surface area (Å²) in [6, 6.07) is 3.07. The zero-order valence-corrected chi connectivity index (χ0v) is 12.9. The first-order valence-electron chi connectivity index (χ1n) is 6.07. The standard InChI is InChI=1S/C13H18BrNO4/c1-4-9(2)8-19-13-6-11(15(16)17)10(7-14)5-12(13)18-3/h5-6,9H,4,7-8H2,1-3H3. The molecular weight excluding hydrogens is 314 g/mol. The lowest BCUT2D eigenvalue weighted by Gasteiger charge is -2.14. The molecule has 0 heterocycles. The molecule has 19 heavy (non-hydrogen) atoms. The van der Waals surface area contributed by atoms with E-state index in [1.807, 2.05) is 0 Å². The predicted molar refractivity (Wildman–Crippen MR) is 77.2 cm³/mol. The molecule has 1 aromatic carbocycles. The first-order valence-corrected chi connectivity index (χ1v) is 7.19. The number of nitrogens with zero attached hydrogens (tertiary/aromatic N) is 1. The van der Waals surface area contributed by atoms with Crippen LogP contribution in [0.3, 0.4) is 0 Å². The Labute approximate surface area is 121 Å². The van der Waals surface area contributed by atoms with Crippen LogP contribution in [0.5, 0.6) is 11.5 Å². The zero-order valence-electron chi connectivity index (χ0n) is 11.3. The van der Waals surface area contributed by atoms with E-state index in [0.717, 1.165) is 6.42 Å². The Morgan fingerprint density at radius 2 is 2.11 bits per heavy atom. The maximum atomic E-state index is 11.0. The van der Waals surface area contributed by atoms with Crippen LogP contribution in [0.1, 0.15) is 25.8 Å². The van der Waals surface area contributed by atoms with E-state index in [1.54, 1.807) is 6.07 Å². The molecule has 0 aliphatic heterocycles. The van der Waals surface area contributed by atoms with E-state index in [-0.39, 0.29) is 5.69 Å². The van der Waals surface area contributed by atoms with Gasteiger partial charge in [-0.25, -0.2) is 0 Å². The normalized spacial score (nSPS) is 12.0. The molecule has 0 saturated carbocycles. The number of hydrogen-bond acceptors (Lipinski definition) is 4. The van der Waals surface area contributed by atoms with Gasteiger partial charge in [-0.05, 0) is 12.0 Å². The summed E-state index contributed by atoms with van der Waals surface area (Å²) < 4.78 is 10.8. The molecule has 1 unspecified atom stereocenters. The number of benzene rings is 1. The van der Waals surface area contributed by atoms with Gasteiger partial charge in [-0.15, -0.1) is 0 Å². The molecule has 0 amide bonds. The summed E-state index contributed by atoms with van der Waals surface area (Å²) in [6.07, 6.45) is 0.990. The number of alkyl halides is 1. The third-order valence-corrected chi connectivity index (χ3v) is 3.53. The maximum Gasteiger partial charge on any atom is 0.277 e. The van der Waals surface area contributed by atoms with Gasteiger partial charge in [-0.1, -0.05) is 36.2 Å². The average molecular weight is 332 g/mol. The fourth-order valence-electron chi connectivity index (χ4n) is 1.49. The molecule has 0 spiro atoms. The van der Waals surface area contributed by atoms with Crippen LogP contribution in [-0.4, -0.2) is 18.6 Å². The predicted octanol–water partition coefficient (Wildman–Crippen LogP) is 3.92. The number of methoxy groups -OCH3 is 1. The van der Waals surface area contributed by atoms with Crippen LogP contribution in [-0.2, 0) is 5.33 Å². The quantitative estimate of drug-likeness (QED) is 0.431. The van der Waals surface area contributed by atoms with E-state index in [1.165, 1.54) is 13.2 Å². The molecular formula is C13H18BrNO4. The average Bonchev–Trinajstić information content (AvgIpc) is 2.43. The lowest BCUT2D eigenvalue weighted by atomic mass is 10.1. The first-order chi connectivity index (χ1) is 9.03. The van der Waals surface area contributed by atoms with Crippen LogP contribution in [0.25, 0.3) is 0 Å². The number of ether oxygens (including phenoxy) is 2. The van der Waals surface area contributed by atoms with E-state index in [2.05, 4.69) is 29.8 Å². The minimum Gasteiger partial charge on any atom is -0.493 e. The largest absolute Gasteiger partial charge is 0.493 e. The number of hydrogen-bond donors (Lipinski definition) is 0. The molecule has 0 aliphatic carbocycles. The first kappa shape index (κ1) is 15.8. The highest BCUT2D eigenvalue weighted by Gasteiger charge is 2.19. The molecule has 0 bridgehead atoms. The van der Waals surface area contributed by atoms with Crippen molar-refractivity contribution >= 4 is 21.6 Å². The summed E-state index contributed by atoms with van der Waals surface area (Å²) >= 11 is 3.24. The van der Waals surface area contributed by atoms with Crippen LogP contribution < -0.4 is 9.47 Å². The van der Waals surface area contributed by atoms with Crippen molar-refractivity contribution in [2.45, 2.75) is 25.6 Å². The van der Waals surface area contributed by atoms with Gasteiger partial charge >= 0.3 is 0 Å². The van der Waals surface area contributed by atoms with E-state index in [4.69, 9.17) is 9.47 Å². The summed E-state index contributed by atoms with van der Waals surface area (Å²) in [6.45, 7) is 4.65. The summed E-state index contributed by atoms with van der Waals surface area (Å²) in [5, 5.41) is 11.4. The highest BCUT2D eigenvalue weighted by molar-refractivity contribution is 9.08. The smallest absolute Gasteiger partial charge is 0.277 e. The zero-order chi connectivity index (χ0) is 14.4. The number of halogens is 1. The molecule has 1 rings (SSSR count). The van der Waals surface area contributed by atoms with E-state index >= 15 is 0 Å². The minimum atomic E-state index is -0.411. The second-order valence-corrected chi connectivity index (χ2v) is 4.91. The van der Waals surface area contributed by atoms with Crippen LogP contribution >= 0.6 is 15.9 Å². The van der Waals surface area contributed by atoms with Crippen LogP contribution in [0.2, 0.25) is 0 Å². The van der Waals surface area contributed by atoms with Crippen molar-refractivity contribution in [3.63, 3.8) is 0 Å². The topological polar surface area (TPSA) is 61.6 Å². The summed E-state index contributed by atoms with van der Waals surface area (Å²) in [5.41, 5.74) is 0.606. The van der Waals surface area contributed by atoms with E-state index < -0.39 is 4.92 Å². The molecule has 6 heteroatoms.